The van der Waals surface area contributed by atoms with Gasteiger partial charge in [-0.1, -0.05) is 19.3 Å². The van der Waals surface area contributed by atoms with Gasteiger partial charge in [-0.2, -0.15) is 0 Å². The molecule has 1 saturated carbocycles. The minimum Gasteiger partial charge on any atom is -0.464 e. The maximum Gasteiger partial charge on any atom is 0.328 e. The number of amides is 1. The Balaban J connectivity index is 2.20. The topological polar surface area (TPSA) is 55.4 Å². The van der Waals surface area contributed by atoms with Crippen molar-refractivity contribution in [3.8, 4) is 0 Å². The van der Waals surface area contributed by atoms with Crippen LogP contribution in [0.15, 0.2) is 12.1 Å². The maximum atomic E-state index is 13.8. The predicted octanol–water partition coefficient (Wildman–Crippen LogP) is 3.35. The molecule has 1 aromatic carbocycles. The summed E-state index contributed by atoms with van der Waals surface area (Å²) in [6, 6.07) is 0.602. The number of halogens is 3. The van der Waals surface area contributed by atoms with Crippen LogP contribution < -0.4 is 5.32 Å². The summed E-state index contributed by atoms with van der Waals surface area (Å²) in [4.78, 5) is 24.4. The predicted molar refractivity (Wildman–Crippen MR) is 80.8 cm³/mol. The number of nitrogens with one attached hydrogen (secondary N) is 1. The van der Waals surface area contributed by atoms with Crippen molar-refractivity contribution in [2.45, 2.75) is 45.1 Å². The number of hydrogen-bond acceptors (Lipinski definition) is 3. The fourth-order valence-electron chi connectivity index (χ4n) is 2.99. The van der Waals surface area contributed by atoms with Crippen molar-refractivity contribution >= 4 is 11.9 Å². The molecule has 24 heavy (non-hydrogen) atoms. The highest BCUT2D eigenvalue weighted by atomic mass is 19.2. The molecular formula is C17H20F3NO3. The zero-order valence-electron chi connectivity index (χ0n) is 13.4. The van der Waals surface area contributed by atoms with Crippen molar-refractivity contribution in [2.24, 2.45) is 5.92 Å². The molecule has 1 aliphatic rings. The van der Waals surface area contributed by atoms with E-state index in [4.69, 9.17) is 4.74 Å². The summed E-state index contributed by atoms with van der Waals surface area (Å²) in [7, 11) is 0. The van der Waals surface area contributed by atoms with E-state index >= 15 is 0 Å². The van der Waals surface area contributed by atoms with Gasteiger partial charge in [0.05, 0.1) is 12.2 Å². The smallest absolute Gasteiger partial charge is 0.328 e. The molecule has 1 aromatic rings. The minimum atomic E-state index is -1.71. The van der Waals surface area contributed by atoms with E-state index in [-0.39, 0.29) is 12.5 Å². The fraction of sp³-hybridized carbons (Fsp3) is 0.529. The number of carbonyl (C=O) groups excluding carboxylic acids is 2. The molecule has 2 rings (SSSR count). The standard InChI is InChI=1S/C17H20F3NO3/c1-2-24-17(23)15(10-6-4-3-5-7-10)21-16(22)11-8-9-12(18)14(20)13(11)19/h8-10,15H,2-7H2,1H3,(H,21,22). The summed E-state index contributed by atoms with van der Waals surface area (Å²) in [5, 5.41) is 2.43. The van der Waals surface area contributed by atoms with Gasteiger partial charge in [0.25, 0.3) is 5.91 Å². The third kappa shape index (κ3) is 4.07. The van der Waals surface area contributed by atoms with Gasteiger partial charge in [-0.25, -0.2) is 18.0 Å². The van der Waals surface area contributed by atoms with Crippen LogP contribution in [0.3, 0.4) is 0 Å². The normalized spacial score (nSPS) is 16.5. The molecule has 0 radical (unpaired) electrons. The SMILES string of the molecule is CCOC(=O)C(NC(=O)c1ccc(F)c(F)c1F)C1CCCCC1. The zero-order chi connectivity index (χ0) is 17.7. The van der Waals surface area contributed by atoms with E-state index in [9.17, 15) is 22.8 Å². The van der Waals surface area contributed by atoms with E-state index in [1.54, 1.807) is 6.92 Å². The van der Waals surface area contributed by atoms with Crippen LogP contribution in [-0.2, 0) is 9.53 Å². The molecule has 7 heteroatoms. The fourth-order valence-corrected chi connectivity index (χ4v) is 2.99. The van der Waals surface area contributed by atoms with Gasteiger partial charge in [0.2, 0.25) is 0 Å². The van der Waals surface area contributed by atoms with Crippen LogP contribution in [0.2, 0.25) is 0 Å². The van der Waals surface area contributed by atoms with Gasteiger partial charge in [0.1, 0.15) is 6.04 Å². The van der Waals surface area contributed by atoms with Crippen molar-refractivity contribution < 1.29 is 27.5 Å². The van der Waals surface area contributed by atoms with E-state index in [1.807, 2.05) is 0 Å². The van der Waals surface area contributed by atoms with Crippen LogP contribution >= 0.6 is 0 Å². The Kier molecular flexibility index (Phi) is 6.23. The molecule has 0 spiro atoms. The number of rotatable bonds is 5. The zero-order valence-corrected chi connectivity index (χ0v) is 13.4. The highest BCUT2D eigenvalue weighted by Gasteiger charge is 2.33. The van der Waals surface area contributed by atoms with Crippen LogP contribution in [0.5, 0.6) is 0 Å². The first-order valence-corrected chi connectivity index (χ1v) is 8.06. The number of carbonyl (C=O) groups is 2. The third-order valence-corrected chi connectivity index (χ3v) is 4.23. The van der Waals surface area contributed by atoms with Crippen LogP contribution in [0.25, 0.3) is 0 Å². The Labute approximate surface area is 138 Å². The molecule has 4 nitrogen and oxygen atoms in total. The Morgan fingerprint density at radius 3 is 2.46 bits per heavy atom. The van der Waals surface area contributed by atoms with Gasteiger partial charge < -0.3 is 10.1 Å². The van der Waals surface area contributed by atoms with Gasteiger partial charge in [-0.3, -0.25) is 4.79 Å². The monoisotopic (exact) mass is 343 g/mol. The van der Waals surface area contributed by atoms with E-state index < -0.39 is 40.9 Å². The third-order valence-electron chi connectivity index (χ3n) is 4.23. The number of benzene rings is 1. The molecule has 0 aromatic heterocycles. The summed E-state index contributed by atoms with van der Waals surface area (Å²) in [6.45, 7) is 1.80. The molecule has 0 aliphatic heterocycles. The first-order valence-electron chi connectivity index (χ1n) is 8.06. The Hall–Kier alpha value is -2.05. The van der Waals surface area contributed by atoms with E-state index in [1.165, 1.54) is 0 Å². The van der Waals surface area contributed by atoms with Gasteiger partial charge >= 0.3 is 5.97 Å². The lowest BCUT2D eigenvalue weighted by Crippen LogP contribution is -2.47. The van der Waals surface area contributed by atoms with E-state index in [2.05, 4.69) is 5.32 Å². The second-order valence-corrected chi connectivity index (χ2v) is 5.82. The highest BCUT2D eigenvalue weighted by molar-refractivity contribution is 5.97. The average molecular weight is 343 g/mol. The van der Waals surface area contributed by atoms with Crippen LogP contribution in [0.4, 0.5) is 13.2 Å². The molecule has 1 aliphatic carbocycles. The summed E-state index contributed by atoms with van der Waals surface area (Å²) >= 11 is 0. The molecule has 1 atom stereocenters. The van der Waals surface area contributed by atoms with Crippen LogP contribution in [0.1, 0.15) is 49.4 Å². The summed E-state index contributed by atoms with van der Waals surface area (Å²) in [5.41, 5.74) is -0.640. The molecule has 0 heterocycles. The van der Waals surface area contributed by atoms with Gasteiger partial charge in [-0.05, 0) is 37.8 Å². The second-order valence-electron chi connectivity index (χ2n) is 5.82. The maximum absolute atomic E-state index is 13.8. The van der Waals surface area contributed by atoms with Crippen LogP contribution in [-0.4, -0.2) is 24.5 Å². The number of esters is 1. The molecule has 1 fully saturated rings. The first kappa shape index (κ1) is 18.3. The summed E-state index contributed by atoms with van der Waals surface area (Å²) < 4.78 is 45.0. The largest absolute Gasteiger partial charge is 0.464 e. The average Bonchev–Trinajstić information content (AvgIpc) is 2.58. The van der Waals surface area contributed by atoms with Crippen molar-refractivity contribution in [2.75, 3.05) is 6.61 Å². The first-order chi connectivity index (χ1) is 11.5. The number of ether oxygens (including phenoxy) is 1. The van der Waals surface area contributed by atoms with Gasteiger partial charge in [0, 0.05) is 0 Å². The summed E-state index contributed by atoms with van der Waals surface area (Å²) in [6.07, 6.45) is 4.39. The van der Waals surface area contributed by atoms with Crippen molar-refractivity contribution in [1.29, 1.82) is 0 Å². The minimum absolute atomic E-state index is 0.116. The van der Waals surface area contributed by atoms with E-state index in [0.29, 0.717) is 6.07 Å². The summed E-state index contributed by atoms with van der Waals surface area (Å²) in [5.74, 6) is -6.34. The molecule has 1 unspecified atom stereocenters. The Morgan fingerprint density at radius 2 is 1.83 bits per heavy atom. The molecule has 132 valence electrons. The second kappa shape index (κ2) is 8.17. The molecular weight excluding hydrogens is 323 g/mol. The molecule has 0 bridgehead atoms. The van der Waals surface area contributed by atoms with Gasteiger partial charge in [0.15, 0.2) is 17.5 Å². The highest BCUT2D eigenvalue weighted by Crippen LogP contribution is 2.27. The van der Waals surface area contributed by atoms with Crippen LogP contribution in [0, 0.1) is 23.4 Å². The van der Waals surface area contributed by atoms with Crippen molar-refractivity contribution in [1.82, 2.24) is 5.32 Å². The lowest BCUT2D eigenvalue weighted by molar-refractivity contribution is -0.147. The molecule has 1 amide bonds. The lowest BCUT2D eigenvalue weighted by atomic mass is 9.83. The Morgan fingerprint density at radius 1 is 1.17 bits per heavy atom. The molecule has 0 saturated heterocycles. The van der Waals surface area contributed by atoms with Crippen molar-refractivity contribution in [3.63, 3.8) is 0 Å². The van der Waals surface area contributed by atoms with E-state index in [0.717, 1.165) is 38.2 Å². The lowest BCUT2D eigenvalue weighted by Gasteiger charge is -2.29. The Bertz CT molecular complexity index is 615. The number of hydrogen-bond donors (Lipinski definition) is 1. The molecule has 1 N–H and O–H groups in total. The van der Waals surface area contributed by atoms with Gasteiger partial charge in [-0.15, -0.1) is 0 Å². The quantitative estimate of drug-likeness (QED) is 0.659. The van der Waals surface area contributed by atoms with Crippen molar-refractivity contribution in [3.05, 3.63) is 35.1 Å².